The van der Waals surface area contributed by atoms with Crippen molar-refractivity contribution >= 4 is 5.91 Å². The maximum atomic E-state index is 12.8. The van der Waals surface area contributed by atoms with Crippen LogP contribution in [0.4, 0.5) is 4.39 Å². The summed E-state index contributed by atoms with van der Waals surface area (Å²) >= 11 is 0. The number of rotatable bonds is 4. The van der Waals surface area contributed by atoms with Crippen molar-refractivity contribution in [2.75, 3.05) is 19.8 Å². The minimum Gasteiger partial charge on any atom is -0.369 e. The predicted molar refractivity (Wildman–Crippen MR) is 63.9 cm³/mol. The summed E-state index contributed by atoms with van der Waals surface area (Å²) in [6.45, 7) is 1.46. The van der Waals surface area contributed by atoms with Crippen LogP contribution in [0.1, 0.15) is 5.56 Å². The highest BCUT2D eigenvalue weighted by atomic mass is 19.1. The van der Waals surface area contributed by atoms with Crippen LogP contribution in [-0.4, -0.2) is 30.6 Å². The number of halogens is 1. The number of primary amides is 1. The third kappa shape index (κ3) is 2.82. The van der Waals surface area contributed by atoms with E-state index in [4.69, 9.17) is 5.73 Å². The molecule has 0 spiro atoms. The van der Waals surface area contributed by atoms with Crippen LogP contribution in [0.3, 0.4) is 0 Å². The number of nitrogens with zero attached hydrogens (tertiary/aromatic N) is 1. The van der Waals surface area contributed by atoms with Gasteiger partial charge in [-0.05, 0) is 5.56 Å². The average Bonchev–Trinajstić information content (AvgIpc) is 2.73. The molecule has 0 bridgehead atoms. The number of hydrogen-bond donors (Lipinski definition) is 1. The molecular weight excluding hydrogens is 219 g/mol. The van der Waals surface area contributed by atoms with E-state index in [1.54, 1.807) is 0 Å². The van der Waals surface area contributed by atoms with Crippen molar-refractivity contribution in [3.63, 3.8) is 0 Å². The summed E-state index contributed by atoms with van der Waals surface area (Å²) in [5.41, 5.74) is 6.46. The molecule has 0 aromatic heterocycles. The standard InChI is InChI=1S/C13H17FN2O/c14-6-11-8-16(9-12(11)13(15)17)7-10-4-2-1-3-5-10/h1-5,11-12H,6-9H2,(H2,15,17)/t11-,12-/m0/s1. The average molecular weight is 236 g/mol. The maximum absolute atomic E-state index is 12.8. The molecule has 0 radical (unpaired) electrons. The van der Waals surface area contributed by atoms with E-state index >= 15 is 0 Å². The fourth-order valence-corrected chi connectivity index (χ4v) is 2.41. The van der Waals surface area contributed by atoms with Gasteiger partial charge < -0.3 is 5.73 Å². The van der Waals surface area contributed by atoms with Gasteiger partial charge in [0.05, 0.1) is 12.6 Å². The molecule has 3 nitrogen and oxygen atoms in total. The van der Waals surface area contributed by atoms with E-state index in [1.807, 2.05) is 30.3 Å². The van der Waals surface area contributed by atoms with E-state index in [1.165, 1.54) is 5.56 Å². The summed E-state index contributed by atoms with van der Waals surface area (Å²) in [4.78, 5) is 13.3. The molecule has 2 N–H and O–H groups in total. The highest BCUT2D eigenvalue weighted by molar-refractivity contribution is 5.77. The molecule has 1 aliphatic heterocycles. The quantitative estimate of drug-likeness (QED) is 0.853. The first kappa shape index (κ1) is 12.0. The number of alkyl halides is 1. The molecule has 1 aromatic carbocycles. The van der Waals surface area contributed by atoms with Crippen molar-refractivity contribution < 1.29 is 9.18 Å². The molecule has 1 amide bonds. The first-order valence-electron chi connectivity index (χ1n) is 5.82. The number of carbonyl (C=O) groups is 1. The predicted octanol–water partition coefficient (Wildman–Crippen LogP) is 1.19. The molecule has 1 saturated heterocycles. The van der Waals surface area contributed by atoms with Gasteiger partial charge in [-0.25, -0.2) is 0 Å². The van der Waals surface area contributed by atoms with Crippen LogP contribution in [0.15, 0.2) is 30.3 Å². The zero-order valence-electron chi connectivity index (χ0n) is 9.68. The second-order valence-electron chi connectivity index (χ2n) is 4.60. The summed E-state index contributed by atoms with van der Waals surface area (Å²) in [6, 6.07) is 9.97. The van der Waals surface area contributed by atoms with Gasteiger partial charge in [0.15, 0.2) is 0 Å². The maximum Gasteiger partial charge on any atom is 0.222 e. The summed E-state index contributed by atoms with van der Waals surface area (Å²) in [5.74, 6) is -0.969. The molecule has 0 unspecified atom stereocenters. The SMILES string of the molecule is NC(=O)[C@H]1CN(Cc2ccccc2)C[C@@H]1CF. The molecular formula is C13H17FN2O. The monoisotopic (exact) mass is 236 g/mol. The highest BCUT2D eigenvalue weighted by Crippen LogP contribution is 2.25. The van der Waals surface area contributed by atoms with Gasteiger partial charge in [0.1, 0.15) is 0 Å². The fraction of sp³-hybridized carbons (Fsp3) is 0.462. The Morgan fingerprint density at radius 1 is 1.35 bits per heavy atom. The summed E-state index contributed by atoms with van der Waals surface area (Å²) < 4.78 is 12.8. The molecule has 2 atom stereocenters. The first-order valence-corrected chi connectivity index (χ1v) is 5.82. The van der Waals surface area contributed by atoms with Crippen molar-refractivity contribution in [1.82, 2.24) is 4.90 Å². The van der Waals surface area contributed by atoms with Crippen LogP contribution in [0.5, 0.6) is 0 Å². The van der Waals surface area contributed by atoms with Crippen LogP contribution in [0.25, 0.3) is 0 Å². The summed E-state index contributed by atoms with van der Waals surface area (Å²) in [5, 5.41) is 0. The zero-order chi connectivity index (χ0) is 12.3. The number of benzene rings is 1. The lowest BCUT2D eigenvalue weighted by Gasteiger charge is -2.15. The van der Waals surface area contributed by atoms with Crippen molar-refractivity contribution in [2.24, 2.45) is 17.6 Å². The molecule has 1 fully saturated rings. The van der Waals surface area contributed by atoms with Crippen molar-refractivity contribution in [3.8, 4) is 0 Å². The largest absolute Gasteiger partial charge is 0.369 e. The second-order valence-corrected chi connectivity index (χ2v) is 4.60. The third-order valence-electron chi connectivity index (χ3n) is 3.33. The van der Waals surface area contributed by atoms with E-state index in [-0.39, 0.29) is 17.7 Å². The third-order valence-corrected chi connectivity index (χ3v) is 3.33. The molecule has 1 aliphatic rings. The number of carbonyl (C=O) groups excluding carboxylic acids is 1. The summed E-state index contributed by atoms with van der Waals surface area (Å²) in [7, 11) is 0. The van der Waals surface area contributed by atoms with Crippen LogP contribution in [-0.2, 0) is 11.3 Å². The van der Waals surface area contributed by atoms with E-state index < -0.39 is 6.67 Å². The molecule has 2 rings (SSSR count). The lowest BCUT2D eigenvalue weighted by molar-refractivity contribution is -0.122. The molecule has 17 heavy (non-hydrogen) atoms. The Labute approximate surface area is 100 Å². The molecule has 0 saturated carbocycles. The normalized spacial score (nSPS) is 25.0. The Morgan fingerprint density at radius 2 is 2.06 bits per heavy atom. The van der Waals surface area contributed by atoms with E-state index in [9.17, 15) is 9.18 Å². The van der Waals surface area contributed by atoms with Crippen LogP contribution < -0.4 is 5.73 Å². The number of nitrogens with two attached hydrogens (primary N) is 1. The van der Waals surface area contributed by atoms with E-state index in [0.717, 1.165) is 6.54 Å². The van der Waals surface area contributed by atoms with Crippen LogP contribution >= 0.6 is 0 Å². The molecule has 92 valence electrons. The molecule has 4 heteroatoms. The van der Waals surface area contributed by atoms with Gasteiger partial charge in [0.25, 0.3) is 0 Å². The minimum absolute atomic E-state index is 0.240. The van der Waals surface area contributed by atoms with Gasteiger partial charge in [0.2, 0.25) is 5.91 Å². The van der Waals surface area contributed by atoms with Gasteiger partial charge in [-0.2, -0.15) is 0 Å². The molecule has 1 heterocycles. The minimum atomic E-state index is -0.473. The Hall–Kier alpha value is -1.42. The van der Waals surface area contributed by atoms with Crippen molar-refractivity contribution in [3.05, 3.63) is 35.9 Å². The number of hydrogen-bond acceptors (Lipinski definition) is 2. The van der Waals surface area contributed by atoms with Crippen LogP contribution in [0, 0.1) is 11.8 Å². The van der Waals surface area contributed by atoms with Crippen molar-refractivity contribution in [1.29, 1.82) is 0 Å². The number of likely N-dealkylation sites (tertiary alicyclic amines) is 1. The topological polar surface area (TPSA) is 46.3 Å². The number of amides is 1. The Kier molecular flexibility index (Phi) is 3.74. The summed E-state index contributed by atoms with van der Waals surface area (Å²) in [6.07, 6.45) is 0. The smallest absolute Gasteiger partial charge is 0.222 e. The Bertz CT molecular complexity index is 382. The van der Waals surface area contributed by atoms with Gasteiger partial charge in [-0.1, -0.05) is 30.3 Å². The Balaban J connectivity index is 1.99. The Morgan fingerprint density at radius 3 is 2.59 bits per heavy atom. The van der Waals surface area contributed by atoms with E-state index in [2.05, 4.69) is 4.90 Å². The highest BCUT2D eigenvalue weighted by Gasteiger charge is 2.36. The molecule has 0 aliphatic carbocycles. The lowest BCUT2D eigenvalue weighted by Crippen LogP contribution is -2.30. The van der Waals surface area contributed by atoms with Crippen LogP contribution in [0.2, 0.25) is 0 Å². The second kappa shape index (κ2) is 5.27. The van der Waals surface area contributed by atoms with Gasteiger partial charge >= 0.3 is 0 Å². The van der Waals surface area contributed by atoms with Gasteiger partial charge in [-0.3, -0.25) is 14.1 Å². The zero-order valence-corrected chi connectivity index (χ0v) is 9.68. The lowest BCUT2D eigenvalue weighted by atomic mass is 9.97. The van der Waals surface area contributed by atoms with E-state index in [0.29, 0.717) is 13.1 Å². The van der Waals surface area contributed by atoms with Gasteiger partial charge in [-0.15, -0.1) is 0 Å². The molecule has 1 aromatic rings. The fourth-order valence-electron chi connectivity index (χ4n) is 2.41. The van der Waals surface area contributed by atoms with Gasteiger partial charge in [0, 0.05) is 25.6 Å². The van der Waals surface area contributed by atoms with Crippen molar-refractivity contribution in [2.45, 2.75) is 6.54 Å². The first-order chi connectivity index (χ1) is 8.20.